The number of nitrogens with one attached hydrogen (secondary N) is 1. The third kappa shape index (κ3) is 6.23. The molecule has 21 heavy (non-hydrogen) atoms. The standard InChI is InChI=1S/C15H24N2O3.ClH/c1-16-9-5-6-15(18)17(2)11-12-7-8-13(19-3)10-14(12)20-4;/h7-8,10,16H,5-6,9,11H2,1-4H3;1H. The Balaban J connectivity index is 0.00000400. The molecule has 1 amide bonds. The largest absolute Gasteiger partial charge is 0.497 e. The molecule has 0 aliphatic rings. The maximum Gasteiger partial charge on any atom is 0.222 e. The topological polar surface area (TPSA) is 50.8 Å². The predicted octanol–water partition coefficient (Wildman–Crippen LogP) is 2.08. The second-order valence-corrected chi connectivity index (χ2v) is 4.63. The number of carbonyl (C=O) groups is 1. The normalized spacial score (nSPS) is 9.71. The third-order valence-electron chi connectivity index (χ3n) is 3.14. The first kappa shape index (κ1) is 19.5. The van der Waals surface area contributed by atoms with E-state index in [9.17, 15) is 4.79 Å². The molecule has 0 aliphatic carbocycles. The molecule has 1 rings (SSSR count). The molecule has 6 heteroatoms. The lowest BCUT2D eigenvalue weighted by Gasteiger charge is -2.19. The number of halogens is 1. The summed E-state index contributed by atoms with van der Waals surface area (Å²) in [6.07, 6.45) is 1.40. The minimum Gasteiger partial charge on any atom is -0.497 e. The highest BCUT2D eigenvalue weighted by molar-refractivity contribution is 5.85. The molecule has 0 fully saturated rings. The molecule has 0 aromatic heterocycles. The van der Waals surface area contributed by atoms with E-state index >= 15 is 0 Å². The highest BCUT2D eigenvalue weighted by atomic mass is 35.5. The van der Waals surface area contributed by atoms with Crippen LogP contribution in [0.3, 0.4) is 0 Å². The van der Waals surface area contributed by atoms with E-state index in [0.717, 1.165) is 30.0 Å². The minimum atomic E-state index is 0. The van der Waals surface area contributed by atoms with Crippen LogP contribution >= 0.6 is 12.4 Å². The highest BCUT2D eigenvalue weighted by Gasteiger charge is 2.12. The molecule has 0 radical (unpaired) electrons. The van der Waals surface area contributed by atoms with Crippen LogP contribution in [0.4, 0.5) is 0 Å². The van der Waals surface area contributed by atoms with Gasteiger partial charge in [0.25, 0.3) is 0 Å². The molecular formula is C15H25ClN2O3. The number of amides is 1. The average molecular weight is 317 g/mol. The van der Waals surface area contributed by atoms with E-state index in [1.807, 2.05) is 32.3 Å². The summed E-state index contributed by atoms with van der Waals surface area (Å²) in [6, 6.07) is 5.63. The quantitative estimate of drug-likeness (QED) is 0.746. The molecule has 1 aromatic carbocycles. The number of rotatable bonds is 8. The molecule has 0 aliphatic heterocycles. The summed E-state index contributed by atoms with van der Waals surface area (Å²) in [5, 5.41) is 3.04. The van der Waals surface area contributed by atoms with Gasteiger partial charge in [-0.15, -0.1) is 12.4 Å². The van der Waals surface area contributed by atoms with Gasteiger partial charge in [0.2, 0.25) is 5.91 Å². The summed E-state index contributed by atoms with van der Waals surface area (Å²) in [5.74, 6) is 1.62. The molecule has 120 valence electrons. The molecule has 0 bridgehead atoms. The van der Waals surface area contributed by atoms with E-state index in [0.29, 0.717) is 13.0 Å². The molecule has 0 atom stereocenters. The Bertz CT molecular complexity index is 441. The lowest BCUT2D eigenvalue weighted by Crippen LogP contribution is -2.27. The van der Waals surface area contributed by atoms with Crippen LogP contribution in [-0.4, -0.2) is 45.7 Å². The summed E-state index contributed by atoms with van der Waals surface area (Å²) >= 11 is 0. The maximum absolute atomic E-state index is 12.0. The van der Waals surface area contributed by atoms with Gasteiger partial charge in [-0.3, -0.25) is 4.79 Å². The van der Waals surface area contributed by atoms with Gasteiger partial charge in [0.15, 0.2) is 0 Å². The molecule has 1 aromatic rings. The van der Waals surface area contributed by atoms with Crippen LogP contribution in [0.1, 0.15) is 18.4 Å². The number of hydrogen-bond acceptors (Lipinski definition) is 4. The minimum absolute atomic E-state index is 0. The molecular weight excluding hydrogens is 292 g/mol. The van der Waals surface area contributed by atoms with E-state index in [-0.39, 0.29) is 18.3 Å². The van der Waals surface area contributed by atoms with Crippen LogP contribution in [0.5, 0.6) is 11.5 Å². The van der Waals surface area contributed by atoms with Gasteiger partial charge in [0.1, 0.15) is 11.5 Å². The van der Waals surface area contributed by atoms with Crippen LogP contribution in [0, 0.1) is 0 Å². The third-order valence-corrected chi connectivity index (χ3v) is 3.14. The first-order valence-electron chi connectivity index (χ1n) is 6.71. The van der Waals surface area contributed by atoms with Crippen molar-refractivity contribution in [3.63, 3.8) is 0 Å². The molecule has 0 heterocycles. The number of hydrogen-bond donors (Lipinski definition) is 1. The molecule has 0 saturated carbocycles. The van der Waals surface area contributed by atoms with Crippen molar-refractivity contribution in [2.24, 2.45) is 0 Å². The van der Waals surface area contributed by atoms with Crippen molar-refractivity contribution in [1.29, 1.82) is 0 Å². The van der Waals surface area contributed by atoms with E-state index in [2.05, 4.69) is 5.32 Å². The van der Waals surface area contributed by atoms with Gasteiger partial charge in [0, 0.05) is 31.6 Å². The predicted molar refractivity (Wildman–Crippen MR) is 86.4 cm³/mol. The Morgan fingerprint density at radius 1 is 1.29 bits per heavy atom. The number of carbonyl (C=O) groups excluding carboxylic acids is 1. The van der Waals surface area contributed by atoms with E-state index in [1.54, 1.807) is 19.1 Å². The van der Waals surface area contributed by atoms with Crippen LogP contribution in [0.15, 0.2) is 18.2 Å². The highest BCUT2D eigenvalue weighted by Crippen LogP contribution is 2.25. The van der Waals surface area contributed by atoms with Crippen LogP contribution in [0.2, 0.25) is 0 Å². The molecule has 0 unspecified atom stereocenters. The zero-order chi connectivity index (χ0) is 15.0. The summed E-state index contributed by atoms with van der Waals surface area (Å²) < 4.78 is 10.5. The van der Waals surface area contributed by atoms with E-state index in [1.165, 1.54) is 0 Å². The Hall–Kier alpha value is -1.46. The number of nitrogens with zero attached hydrogens (tertiary/aromatic N) is 1. The number of methoxy groups -OCH3 is 2. The van der Waals surface area contributed by atoms with Crippen LogP contribution in [-0.2, 0) is 11.3 Å². The first-order chi connectivity index (χ1) is 9.62. The smallest absolute Gasteiger partial charge is 0.222 e. The zero-order valence-corrected chi connectivity index (χ0v) is 14.0. The van der Waals surface area contributed by atoms with E-state index < -0.39 is 0 Å². The van der Waals surface area contributed by atoms with Crippen molar-refractivity contribution < 1.29 is 14.3 Å². The Morgan fingerprint density at radius 3 is 2.57 bits per heavy atom. The van der Waals surface area contributed by atoms with Crippen molar-refractivity contribution in [2.45, 2.75) is 19.4 Å². The SMILES string of the molecule is CNCCCC(=O)N(C)Cc1ccc(OC)cc1OC.Cl. The Labute approximate surface area is 133 Å². The fourth-order valence-electron chi connectivity index (χ4n) is 1.93. The monoisotopic (exact) mass is 316 g/mol. The van der Waals surface area contributed by atoms with Crippen LogP contribution < -0.4 is 14.8 Å². The molecule has 0 spiro atoms. The molecule has 5 nitrogen and oxygen atoms in total. The average Bonchev–Trinajstić information content (AvgIpc) is 2.47. The van der Waals surface area contributed by atoms with Crippen molar-refractivity contribution in [3.05, 3.63) is 23.8 Å². The fraction of sp³-hybridized carbons (Fsp3) is 0.533. The summed E-state index contributed by atoms with van der Waals surface area (Å²) in [5.41, 5.74) is 0.970. The van der Waals surface area contributed by atoms with Gasteiger partial charge in [0.05, 0.1) is 14.2 Å². The van der Waals surface area contributed by atoms with E-state index in [4.69, 9.17) is 9.47 Å². The number of benzene rings is 1. The maximum atomic E-state index is 12.0. The molecule has 1 N–H and O–H groups in total. The van der Waals surface area contributed by atoms with Crippen molar-refractivity contribution in [2.75, 3.05) is 34.9 Å². The van der Waals surface area contributed by atoms with Gasteiger partial charge in [-0.2, -0.15) is 0 Å². The fourth-order valence-corrected chi connectivity index (χ4v) is 1.93. The lowest BCUT2D eigenvalue weighted by molar-refractivity contribution is -0.130. The van der Waals surface area contributed by atoms with Crippen molar-refractivity contribution in [1.82, 2.24) is 10.2 Å². The Kier molecular flexibility index (Phi) is 9.58. The summed E-state index contributed by atoms with van der Waals surface area (Å²) in [4.78, 5) is 13.7. The zero-order valence-electron chi connectivity index (χ0n) is 13.1. The van der Waals surface area contributed by atoms with Gasteiger partial charge < -0.3 is 19.7 Å². The van der Waals surface area contributed by atoms with Gasteiger partial charge >= 0.3 is 0 Å². The van der Waals surface area contributed by atoms with Gasteiger partial charge in [-0.25, -0.2) is 0 Å². The molecule has 0 saturated heterocycles. The summed E-state index contributed by atoms with van der Waals surface area (Å²) in [7, 11) is 6.93. The lowest BCUT2D eigenvalue weighted by atomic mass is 10.1. The number of ether oxygens (including phenoxy) is 2. The van der Waals surface area contributed by atoms with Crippen molar-refractivity contribution >= 4 is 18.3 Å². The summed E-state index contributed by atoms with van der Waals surface area (Å²) in [6.45, 7) is 1.39. The Morgan fingerprint density at radius 2 is 2.00 bits per heavy atom. The second-order valence-electron chi connectivity index (χ2n) is 4.63. The van der Waals surface area contributed by atoms with Crippen molar-refractivity contribution in [3.8, 4) is 11.5 Å². The second kappa shape index (κ2) is 10.3. The first-order valence-corrected chi connectivity index (χ1v) is 6.71. The van der Waals surface area contributed by atoms with Gasteiger partial charge in [-0.1, -0.05) is 0 Å². The van der Waals surface area contributed by atoms with Crippen LogP contribution in [0.25, 0.3) is 0 Å². The van der Waals surface area contributed by atoms with Gasteiger partial charge in [-0.05, 0) is 32.1 Å².